The van der Waals surface area contributed by atoms with E-state index in [1.807, 2.05) is 0 Å². The first-order valence-electron chi connectivity index (χ1n) is 4.59. The summed E-state index contributed by atoms with van der Waals surface area (Å²) in [6, 6.07) is 3.09. The second-order valence-corrected chi connectivity index (χ2v) is 3.07. The smallest absolute Gasteiger partial charge is 0.349 e. The van der Waals surface area contributed by atoms with Gasteiger partial charge in [-0.25, -0.2) is 9.59 Å². The topological polar surface area (TPSA) is 133 Å². The van der Waals surface area contributed by atoms with Crippen LogP contribution in [0, 0.1) is 0 Å². The van der Waals surface area contributed by atoms with E-state index >= 15 is 0 Å². The minimum absolute atomic E-state index is 0.244. The van der Waals surface area contributed by atoms with Crippen molar-refractivity contribution in [2.45, 2.75) is 0 Å². The molecule has 0 radical (unpaired) electrons. The van der Waals surface area contributed by atoms with Crippen molar-refractivity contribution in [3.05, 3.63) is 45.5 Å². The molecule has 2 heterocycles. The van der Waals surface area contributed by atoms with E-state index < -0.39 is 5.69 Å². The van der Waals surface area contributed by atoms with Crippen LogP contribution in [-0.2, 0) is 7.05 Å². The Morgan fingerprint density at radius 1 is 1.18 bits per heavy atom. The van der Waals surface area contributed by atoms with Crippen LogP contribution in [0.4, 0.5) is 11.6 Å². The first-order valence-corrected chi connectivity index (χ1v) is 4.59. The maximum Gasteiger partial charge on any atom is 0.349 e. The van der Waals surface area contributed by atoms with Gasteiger partial charge in [-0.3, -0.25) is 0 Å². The fourth-order valence-electron chi connectivity index (χ4n) is 0.864. The van der Waals surface area contributed by atoms with Gasteiger partial charge in [-0.05, 0) is 12.1 Å². The number of H-pyrrole nitrogens is 1. The number of anilines is 2. The lowest BCUT2D eigenvalue weighted by Crippen LogP contribution is -2.19. The lowest BCUT2D eigenvalue weighted by Gasteiger charge is -1.92. The highest BCUT2D eigenvalue weighted by Crippen LogP contribution is 1.85. The number of aryl methyl sites for hydroxylation is 1. The molecule has 17 heavy (non-hydrogen) atoms. The molecule has 0 aromatic carbocycles. The average molecular weight is 236 g/mol. The van der Waals surface area contributed by atoms with Crippen molar-refractivity contribution in [3.63, 3.8) is 0 Å². The normalized spacial score (nSPS) is 9.24. The van der Waals surface area contributed by atoms with E-state index in [1.54, 1.807) is 19.3 Å². The van der Waals surface area contributed by atoms with Gasteiger partial charge in [0.25, 0.3) is 0 Å². The highest BCUT2D eigenvalue weighted by atomic mass is 16.1. The van der Waals surface area contributed by atoms with Gasteiger partial charge in [0.05, 0.1) is 0 Å². The molecular weight excluding hydrogens is 224 g/mol. The van der Waals surface area contributed by atoms with Gasteiger partial charge in [-0.2, -0.15) is 9.97 Å². The van der Waals surface area contributed by atoms with Crippen LogP contribution in [0.15, 0.2) is 34.1 Å². The Morgan fingerprint density at radius 3 is 2.24 bits per heavy atom. The zero-order valence-electron chi connectivity index (χ0n) is 9.12. The zero-order chi connectivity index (χ0) is 12.8. The molecule has 0 fully saturated rings. The monoisotopic (exact) mass is 236 g/mol. The summed E-state index contributed by atoms with van der Waals surface area (Å²) in [6.07, 6.45) is 3.02. The molecule has 0 aliphatic rings. The number of hydrogen-bond acceptors (Lipinski definition) is 6. The van der Waals surface area contributed by atoms with Crippen molar-refractivity contribution in [1.82, 2.24) is 19.5 Å². The summed E-state index contributed by atoms with van der Waals surface area (Å²) < 4.78 is 1.36. The molecule has 2 rings (SSSR count). The fourth-order valence-corrected chi connectivity index (χ4v) is 0.864. The number of nitrogens with two attached hydrogens (primary N) is 2. The third-order valence-electron chi connectivity index (χ3n) is 1.69. The van der Waals surface area contributed by atoms with Gasteiger partial charge in [0, 0.05) is 19.4 Å². The summed E-state index contributed by atoms with van der Waals surface area (Å²) in [5.74, 6) is 0.506. The Bertz CT molecular complexity index is 603. The molecule has 0 amide bonds. The van der Waals surface area contributed by atoms with E-state index in [4.69, 9.17) is 11.5 Å². The average Bonchev–Trinajstić information content (AvgIpc) is 2.24. The molecule has 0 saturated carbocycles. The summed E-state index contributed by atoms with van der Waals surface area (Å²) in [6.45, 7) is 0. The summed E-state index contributed by atoms with van der Waals surface area (Å²) in [4.78, 5) is 30.0. The van der Waals surface area contributed by atoms with Crippen molar-refractivity contribution in [2.75, 3.05) is 11.5 Å². The van der Waals surface area contributed by atoms with Gasteiger partial charge < -0.3 is 21.0 Å². The third-order valence-corrected chi connectivity index (χ3v) is 1.69. The van der Waals surface area contributed by atoms with Crippen LogP contribution in [0.5, 0.6) is 0 Å². The molecule has 2 aromatic rings. The Balaban J connectivity index is 0.000000171. The Labute approximate surface area is 96.0 Å². The van der Waals surface area contributed by atoms with E-state index in [1.165, 1.54) is 16.8 Å². The highest BCUT2D eigenvalue weighted by Gasteiger charge is 1.88. The van der Waals surface area contributed by atoms with Crippen LogP contribution in [0.25, 0.3) is 0 Å². The number of aromatic nitrogens is 4. The minimum atomic E-state index is -0.412. The Morgan fingerprint density at radius 2 is 1.82 bits per heavy atom. The molecule has 2 aromatic heterocycles. The Hall–Kier alpha value is -2.64. The van der Waals surface area contributed by atoms with Crippen LogP contribution >= 0.6 is 0 Å². The number of nitrogens with zero attached hydrogens (tertiary/aromatic N) is 3. The molecule has 0 unspecified atom stereocenters. The second kappa shape index (κ2) is 5.45. The van der Waals surface area contributed by atoms with Crippen LogP contribution in [0.3, 0.4) is 0 Å². The van der Waals surface area contributed by atoms with Gasteiger partial charge >= 0.3 is 11.4 Å². The van der Waals surface area contributed by atoms with E-state index in [9.17, 15) is 9.59 Å². The predicted octanol–water partition coefficient (Wildman–Crippen LogP) is -1.29. The number of aromatic amines is 1. The molecule has 0 saturated heterocycles. The molecule has 5 N–H and O–H groups in total. The highest BCUT2D eigenvalue weighted by molar-refractivity contribution is 5.23. The lowest BCUT2D eigenvalue weighted by atomic mass is 10.6. The van der Waals surface area contributed by atoms with Gasteiger partial charge in [0.2, 0.25) is 0 Å². The lowest BCUT2D eigenvalue weighted by molar-refractivity contribution is 0.814. The molecule has 0 aliphatic heterocycles. The minimum Gasteiger partial charge on any atom is -0.383 e. The fraction of sp³-hybridized carbons (Fsp3) is 0.111. The summed E-state index contributed by atoms with van der Waals surface area (Å²) in [7, 11) is 1.62. The van der Waals surface area contributed by atoms with Crippen molar-refractivity contribution < 1.29 is 0 Å². The van der Waals surface area contributed by atoms with Crippen LogP contribution in [0.1, 0.15) is 0 Å². The molecule has 90 valence electrons. The number of nitrogen functional groups attached to an aromatic ring is 2. The SMILES string of the molecule is Cn1ccc(N)nc1=O.Nc1cc[nH]c(=O)n1. The maximum atomic E-state index is 10.6. The predicted molar refractivity (Wildman–Crippen MR) is 63.2 cm³/mol. The van der Waals surface area contributed by atoms with Crippen molar-refractivity contribution in [1.29, 1.82) is 0 Å². The first kappa shape index (κ1) is 12.4. The molecule has 0 bridgehead atoms. The number of nitrogens with one attached hydrogen (secondary N) is 1. The van der Waals surface area contributed by atoms with Crippen LogP contribution < -0.4 is 22.8 Å². The van der Waals surface area contributed by atoms with Crippen LogP contribution in [-0.4, -0.2) is 19.5 Å². The molecule has 8 nitrogen and oxygen atoms in total. The van der Waals surface area contributed by atoms with E-state index in [-0.39, 0.29) is 17.3 Å². The molecular formula is C9H12N6O2. The van der Waals surface area contributed by atoms with Crippen molar-refractivity contribution in [3.8, 4) is 0 Å². The zero-order valence-corrected chi connectivity index (χ0v) is 9.12. The van der Waals surface area contributed by atoms with Gasteiger partial charge in [-0.15, -0.1) is 0 Å². The maximum absolute atomic E-state index is 10.6. The van der Waals surface area contributed by atoms with E-state index in [2.05, 4.69) is 15.0 Å². The summed E-state index contributed by atoms with van der Waals surface area (Å²) in [5, 5.41) is 0. The first-order chi connectivity index (χ1) is 7.99. The van der Waals surface area contributed by atoms with Gasteiger partial charge in [0.15, 0.2) is 0 Å². The molecule has 0 aliphatic carbocycles. The molecule has 0 atom stereocenters. The number of hydrogen-bond donors (Lipinski definition) is 3. The quantitative estimate of drug-likeness (QED) is 0.521. The van der Waals surface area contributed by atoms with Gasteiger partial charge in [-0.1, -0.05) is 0 Å². The second-order valence-electron chi connectivity index (χ2n) is 3.07. The largest absolute Gasteiger partial charge is 0.383 e. The van der Waals surface area contributed by atoms with Crippen LogP contribution in [0.2, 0.25) is 0 Å². The molecule has 8 heteroatoms. The third kappa shape index (κ3) is 4.16. The van der Waals surface area contributed by atoms with Crippen molar-refractivity contribution in [2.24, 2.45) is 7.05 Å². The molecule has 0 spiro atoms. The Kier molecular flexibility index (Phi) is 3.98. The van der Waals surface area contributed by atoms with Gasteiger partial charge in [0.1, 0.15) is 11.6 Å². The standard InChI is InChI=1S/C5H7N3O.C4H5N3O/c1-8-3-2-4(6)7-5(8)9;5-3-1-2-6-4(8)7-3/h2-3H,1H3,(H2,6,7,9);1-2H,(H3,5,6,7,8). The van der Waals surface area contributed by atoms with E-state index in [0.717, 1.165) is 0 Å². The van der Waals surface area contributed by atoms with E-state index in [0.29, 0.717) is 0 Å². The summed E-state index contributed by atoms with van der Waals surface area (Å²) >= 11 is 0. The van der Waals surface area contributed by atoms with Crippen molar-refractivity contribution >= 4 is 11.6 Å². The summed E-state index contributed by atoms with van der Waals surface area (Å²) in [5.41, 5.74) is 9.59. The number of rotatable bonds is 0.